The molecule has 8 heteroatoms. The van der Waals surface area contributed by atoms with Crippen LogP contribution >= 0.6 is 0 Å². The Morgan fingerprint density at radius 1 is 1.04 bits per heavy atom. The van der Waals surface area contributed by atoms with Gasteiger partial charge in [-0.2, -0.15) is 13.2 Å². The van der Waals surface area contributed by atoms with Crippen LogP contribution in [0.5, 0.6) is 0 Å². The molecule has 0 atom stereocenters. The van der Waals surface area contributed by atoms with E-state index in [0.29, 0.717) is 35.9 Å². The van der Waals surface area contributed by atoms with E-state index in [-0.39, 0.29) is 10.9 Å². The number of hydrogen-bond acceptors (Lipinski definition) is 4. The summed E-state index contributed by atoms with van der Waals surface area (Å²) in [5.41, 5.74) is -0.614. The lowest BCUT2D eigenvalue weighted by Crippen LogP contribution is -2.44. The Bertz CT molecular complexity index is 949. The third-order valence-corrected chi connectivity index (χ3v) is 4.33. The van der Waals surface area contributed by atoms with Crippen LogP contribution in [0.4, 0.5) is 23.4 Å². The molecule has 130 valence electrons. The Morgan fingerprint density at radius 2 is 1.80 bits per heavy atom. The predicted octanol–water partition coefficient (Wildman–Crippen LogP) is 3.35. The highest BCUT2D eigenvalue weighted by Gasteiger charge is 2.32. The van der Waals surface area contributed by atoms with E-state index in [1.807, 2.05) is 4.90 Å². The van der Waals surface area contributed by atoms with E-state index >= 15 is 0 Å². The maximum absolute atomic E-state index is 14.4. The molecular formula is C17H14F4N4. The van der Waals surface area contributed by atoms with E-state index in [1.54, 1.807) is 18.3 Å². The van der Waals surface area contributed by atoms with Crippen molar-refractivity contribution in [1.82, 2.24) is 15.3 Å². The fourth-order valence-corrected chi connectivity index (χ4v) is 3.14. The van der Waals surface area contributed by atoms with Gasteiger partial charge in [-0.15, -0.1) is 0 Å². The Morgan fingerprint density at radius 3 is 2.52 bits per heavy atom. The second-order valence-electron chi connectivity index (χ2n) is 5.92. The quantitative estimate of drug-likeness (QED) is 0.540. The summed E-state index contributed by atoms with van der Waals surface area (Å²) < 4.78 is 53.6. The highest BCUT2D eigenvalue weighted by molar-refractivity contribution is 6.08. The molecule has 4 rings (SSSR count). The minimum absolute atomic E-state index is 0.0676. The number of rotatable bonds is 1. The minimum Gasteiger partial charge on any atom is -0.352 e. The van der Waals surface area contributed by atoms with Gasteiger partial charge in [0.25, 0.3) is 0 Å². The van der Waals surface area contributed by atoms with Crippen molar-refractivity contribution >= 4 is 27.6 Å². The summed E-state index contributed by atoms with van der Waals surface area (Å²) in [6.07, 6.45) is -3.06. The van der Waals surface area contributed by atoms with Crippen LogP contribution in [0.15, 0.2) is 30.5 Å². The first-order valence-corrected chi connectivity index (χ1v) is 7.86. The molecule has 0 radical (unpaired) electrons. The molecule has 3 aromatic rings. The molecule has 1 aliphatic heterocycles. The van der Waals surface area contributed by atoms with Crippen LogP contribution in [0.2, 0.25) is 0 Å². The summed E-state index contributed by atoms with van der Waals surface area (Å²) in [6.45, 7) is 2.85. The van der Waals surface area contributed by atoms with Gasteiger partial charge in [0.2, 0.25) is 0 Å². The third kappa shape index (κ3) is 2.76. The highest BCUT2D eigenvalue weighted by Crippen LogP contribution is 2.36. The Balaban J connectivity index is 2.03. The molecule has 1 N–H and O–H groups in total. The topological polar surface area (TPSA) is 41.1 Å². The number of nitrogens with zero attached hydrogens (tertiary/aromatic N) is 3. The van der Waals surface area contributed by atoms with Crippen molar-refractivity contribution < 1.29 is 17.6 Å². The zero-order valence-corrected chi connectivity index (χ0v) is 13.1. The van der Waals surface area contributed by atoms with Crippen molar-refractivity contribution in [2.45, 2.75) is 6.18 Å². The number of aromatic nitrogens is 2. The van der Waals surface area contributed by atoms with E-state index < -0.39 is 17.6 Å². The summed E-state index contributed by atoms with van der Waals surface area (Å²) >= 11 is 0. The summed E-state index contributed by atoms with van der Waals surface area (Å²) in [7, 11) is 0. The van der Waals surface area contributed by atoms with Gasteiger partial charge in [0.05, 0.1) is 5.56 Å². The van der Waals surface area contributed by atoms with Crippen molar-refractivity contribution in [2.24, 2.45) is 0 Å². The van der Waals surface area contributed by atoms with E-state index in [4.69, 9.17) is 0 Å². The Kier molecular flexibility index (Phi) is 3.72. The fourth-order valence-electron chi connectivity index (χ4n) is 3.14. The molecule has 1 aliphatic rings. The lowest BCUT2D eigenvalue weighted by molar-refractivity contribution is -0.137. The SMILES string of the molecule is Fc1cc(C(F)(F)F)cc2c1nc(N1CCNCC1)c1ncccc12. The van der Waals surface area contributed by atoms with Gasteiger partial charge in [-0.1, -0.05) is 6.07 Å². The van der Waals surface area contributed by atoms with Gasteiger partial charge in [0, 0.05) is 43.1 Å². The van der Waals surface area contributed by atoms with Crippen LogP contribution in [0.25, 0.3) is 21.8 Å². The second kappa shape index (κ2) is 5.80. The van der Waals surface area contributed by atoms with Crippen molar-refractivity contribution in [1.29, 1.82) is 0 Å². The van der Waals surface area contributed by atoms with Gasteiger partial charge < -0.3 is 10.2 Å². The van der Waals surface area contributed by atoms with Crippen LogP contribution in [0.1, 0.15) is 5.56 Å². The second-order valence-corrected chi connectivity index (χ2v) is 5.92. The van der Waals surface area contributed by atoms with Gasteiger partial charge in [-0.05, 0) is 18.2 Å². The number of alkyl halides is 3. The molecule has 0 aliphatic carbocycles. The normalized spacial score (nSPS) is 15.9. The van der Waals surface area contributed by atoms with Crippen molar-refractivity contribution in [2.75, 3.05) is 31.1 Å². The third-order valence-electron chi connectivity index (χ3n) is 4.33. The zero-order valence-electron chi connectivity index (χ0n) is 13.1. The smallest absolute Gasteiger partial charge is 0.352 e. The summed E-state index contributed by atoms with van der Waals surface area (Å²) in [5.74, 6) is -0.477. The first kappa shape index (κ1) is 16.0. The zero-order chi connectivity index (χ0) is 17.6. The number of pyridine rings is 2. The molecule has 2 aromatic heterocycles. The average molecular weight is 350 g/mol. The van der Waals surface area contributed by atoms with E-state index in [9.17, 15) is 17.6 Å². The summed E-state index contributed by atoms with van der Waals surface area (Å²) in [4.78, 5) is 10.6. The van der Waals surface area contributed by atoms with E-state index in [2.05, 4.69) is 15.3 Å². The average Bonchev–Trinajstić information content (AvgIpc) is 2.61. The van der Waals surface area contributed by atoms with Crippen molar-refractivity contribution in [3.63, 3.8) is 0 Å². The number of benzene rings is 1. The van der Waals surface area contributed by atoms with Crippen LogP contribution < -0.4 is 10.2 Å². The number of anilines is 1. The molecule has 0 amide bonds. The molecule has 0 spiro atoms. The molecule has 4 nitrogen and oxygen atoms in total. The molecule has 1 saturated heterocycles. The first-order valence-electron chi connectivity index (χ1n) is 7.86. The standard InChI is InChI=1S/C17H14F4N4/c18-13-9-10(17(19,20)21)8-12-11-2-1-3-23-15(11)16(24-14(12)13)25-6-4-22-5-7-25/h1-3,8-9,22H,4-7H2. The predicted molar refractivity (Wildman–Crippen MR) is 87.1 cm³/mol. The molecule has 25 heavy (non-hydrogen) atoms. The number of piperazine rings is 1. The number of halogens is 4. The number of fused-ring (bicyclic) bond motifs is 3. The molecule has 0 bridgehead atoms. The Hall–Kier alpha value is -2.48. The van der Waals surface area contributed by atoms with Crippen LogP contribution in [0.3, 0.4) is 0 Å². The monoisotopic (exact) mass is 350 g/mol. The minimum atomic E-state index is -4.62. The molecule has 0 unspecified atom stereocenters. The van der Waals surface area contributed by atoms with E-state index in [0.717, 1.165) is 19.2 Å². The number of nitrogens with one attached hydrogen (secondary N) is 1. The van der Waals surface area contributed by atoms with Crippen LogP contribution in [0, 0.1) is 5.82 Å². The molecule has 1 fully saturated rings. The van der Waals surface area contributed by atoms with Gasteiger partial charge in [0.1, 0.15) is 16.9 Å². The molecule has 0 saturated carbocycles. The molecular weight excluding hydrogens is 336 g/mol. The Labute approximate surface area is 140 Å². The summed E-state index contributed by atoms with van der Waals surface area (Å²) in [6, 6.07) is 4.72. The maximum atomic E-state index is 14.4. The fraction of sp³-hybridized carbons (Fsp3) is 0.294. The van der Waals surface area contributed by atoms with Gasteiger partial charge >= 0.3 is 6.18 Å². The van der Waals surface area contributed by atoms with Crippen molar-refractivity contribution in [3.05, 3.63) is 41.8 Å². The van der Waals surface area contributed by atoms with Gasteiger partial charge in [0.15, 0.2) is 5.82 Å². The molecule has 1 aromatic carbocycles. The van der Waals surface area contributed by atoms with Gasteiger partial charge in [-0.25, -0.2) is 9.37 Å². The lowest BCUT2D eigenvalue weighted by Gasteiger charge is -2.29. The van der Waals surface area contributed by atoms with Crippen LogP contribution in [-0.2, 0) is 6.18 Å². The highest BCUT2D eigenvalue weighted by atomic mass is 19.4. The van der Waals surface area contributed by atoms with Crippen molar-refractivity contribution in [3.8, 4) is 0 Å². The largest absolute Gasteiger partial charge is 0.416 e. The molecule has 3 heterocycles. The van der Waals surface area contributed by atoms with Crippen LogP contribution in [-0.4, -0.2) is 36.1 Å². The maximum Gasteiger partial charge on any atom is 0.416 e. The van der Waals surface area contributed by atoms with Gasteiger partial charge in [-0.3, -0.25) is 4.98 Å². The number of hydrogen-bond donors (Lipinski definition) is 1. The summed E-state index contributed by atoms with van der Waals surface area (Å²) in [5, 5.41) is 3.80. The van der Waals surface area contributed by atoms with E-state index in [1.165, 1.54) is 0 Å². The lowest BCUT2D eigenvalue weighted by atomic mass is 10.0. The first-order chi connectivity index (χ1) is 11.9.